The van der Waals surface area contributed by atoms with Gasteiger partial charge in [0.1, 0.15) is 6.54 Å². The second-order valence-corrected chi connectivity index (χ2v) is 4.11. The molecule has 0 spiro atoms. The van der Waals surface area contributed by atoms with Crippen molar-refractivity contribution in [2.45, 2.75) is 13.1 Å². The van der Waals surface area contributed by atoms with Gasteiger partial charge in [-0.2, -0.15) is 0 Å². The first kappa shape index (κ1) is 12.4. The molecule has 4 nitrogen and oxygen atoms in total. The number of carbonyl (C=O) groups is 1. The standard InChI is InChI=1S/C14H16N2O2/c1-2-7-15-8-11-9-16(10-14(17)18)13-6-4-3-5-12(11)13/h2-6,9,15H,1,7-8,10H2,(H,17,18). The predicted molar refractivity (Wildman–Crippen MR) is 71.5 cm³/mol. The fourth-order valence-electron chi connectivity index (χ4n) is 2.05. The van der Waals surface area contributed by atoms with Crippen LogP contribution in [0, 0.1) is 0 Å². The van der Waals surface area contributed by atoms with Crippen LogP contribution >= 0.6 is 0 Å². The first-order valence-corrected chi connectivity index (χ1v) is 5.82. The van der Waals surface area contributed by atoms with E-state index in [2.05, 4.69) is 11.9 Å². The summed E-state index contributed by atoms with van der Waals surface area (Å²) >= 11 is 0. The van der Waals surface area contributed by atoms with Crippen molar-refractivity contribution in [1.82, 2.24) is 9.88 Å². The van der Waals surface area contributed by atoms with E-state index in [0.717, 1.165) is 23.0 Å². The summed E-state index contributed by atoms with van der Waals surface area (Å²) in [6.07, 6.45) is 3.70. The lowest BCUT2D eigenvalue weighted by Crippen LogP contribution is -2.12. The van der Waals surface area contributed by atoms with Gasteiger partial charge in [-0.3, -0.25) is 4.79 Å². The number of hydrogen-bond donors (Lipinski definition) is 2. The highest BCUT2D eigenvalue weighted by molar-refractivity contribution is 5.85. The van der Waals surface area contributed by atoms with Crippen molar-refractivity contribution in [3.8, 4) is 0 Å². The molecule has 4 heteroatoms. The van der Waals surface area contributed by atoms with E-state index in [0.29, 0.717) is 6.54 Å². The van der Waals surface area contributed by atoms with Gasteiger partial charge in [-0.1, -0.05) is 24.3 Å². The van der Waals surface area contributed by atoms with Crippen molar-refractivity contribution in [1.29, 1.82) is 0 Å². The number of carboxylic acid groups (broad SMARTS) is 1. The number of fused-ring (bicyclic) bond motifs is 1. The Labute approximate surface area is 106 Å². The maximum absolute atomic E-state index is 10.8. The van der Waals surface area contributed by atoms with Crippen LogP contribution in [0.3, 0.4) is 0 Å². The van der Waals surface area contributed by atoms with Gasteiger partial charge in [-0.25, -0.2) is 0 Å². The van der Waals surface area contributed by atoms with E-state index in [1.165, 1.54) is 0 Å². The van der Waals surface area contributed by atoms with Crippen LogP contribution in [0.1, 0.15) is 5.56 Å². The Morgan fingerprint density at radius 1 is 1.44 bits per heavy atom. The van der Waals surface area contributed by atoms with E-state index in [-0.39, 0.29) is 6.54 Å². The molecule has 1 heterocycles. The van der Waals surface area contributed by atoms with Crippen molar-refractivity contribution < 1.29 is 9.90 Å². The molecule has 0 atom stereocenters. The highest BCUT2D eigenvalue weighted by Crippen LogP contribution is 2.21. The minimum absolute atomic E-state index is 0.0119. The summed E-state index contributed by atoms with van der Waals surface area (Å²) < 4.78 is 1.77. The SMILES string of the molecule is C=CCNCc1cn(CC(=O)O)c2ccccc12. The van der Waals surface area contributed by atoms with Gasteiger partial charge >= 0.3 is 5.97 Å². The van der Waals surface area contributed by atoms with Gasteiger partial charge in [-0.15, -0.1) is 6.58 Å². The number of nitrogens with zero attached hydrogens (tertiary/aromatic N) is 1. The minimum atomic E-state index is -0.832. The van der Waals surface area contributed by atoms with E-state index < -0.39 is 5.97 Å². The molecule has 0 bridgehead atoms. The average molecular weight is 244 g/mol. The van der Waals surface area contributed by atoms with E-state index in [1.807, 2.05) is 30.5 Å². The van der Waals surface area contributed by atoms with Crippen LogP contribution in [0.4, 0.5) is 0 Å². The third-order valence-corrected chi connectivity index (χ3v) is 2.78. The number of para-hydroxylation sites is 1. The van der Waals surface area contributed by atoms with Crippen LogP contribution in [0.2, 0.25) is 0 Å². The molecule has 0 aliphatic carbocycles. The maximum atomic E-state index is 10.8. The van der Waals surface area contributed by atoms with Gasteiger partial charge in [0.05, 0.1) is 0 Å². The monoisotopic (exact) mass is 244 g/mol. The summed E-state index contributed by atoms with van der Waals surface area (Å²) in [5.41, 5.74) is 2.06. The molecule has 1 aromatic heterocycles. The number of aromatic nitrogens is 1. The molecule has 0 unspecified atom stereocenters. The third kappa shape index (κ3) is 2.60. The molecule has 1 aromatic carbocycles. The van der Waals surface area contributed by atoms with Gasteiger partial charge in [-0.05, 0) is 11.6 Å². The van der Waals surface area contributed by atoms with Crippen LogP contribution < -0.4 is 5.32 Å². The highest BCUT2D eigenvalue weighted by Gasteiger charge is 2.09. The van der Waals surface area contributed by atoms with E-state index in [4.69, 9.17) is 5.11 Å². The fraction of sp³-hybridized carbons (Fsp3) is 0.214. The van der Waals surface area contributed by atoms with E-state index >= 15 is 0 Å². The van der Waals surface area contributed by atoms with Crippen LogP contribution in [-0.2, 0) is 17.9 Å². The Morgan fingerprint density at radius 2 is 2.22 bits per heavy atom. The quantitative estimate of drug-likeness (QED) is 0.603. The summed E-state index contributed by atoms with van der Waals surface area (Å²) in [6, 6.07) is 7.83. The van der Waals surface area contributed by atoms with Gasteiger partial charge in [0.25, 0.3) is 0 Å². The molecule has 0 amide bonds. The molecular formula is C14H16N2O2. The van der Waals surface area contributed by atoms with Crippen molar-refractivity contribution in [2.24, 2.45) is 0 Å². The molecule has 0 radical (unpaired) electrons. The highest BCUT2D eigenvalue weighted by atomic mass is 16.4. The summed E-state index contributed by atoms with van der Waals surface area (Å²) in [4.78, 5) is 10.8. The van der Waals surface area contributed by atoms with Crippen LogP contribution in [0.15, 0.2) is 43.1 Å². The Hall–Kier alpha value is -2.07. The minimum Gasteiger partial charge on any atom is -0.480 e. The summed E-state index contributed by atoms with van der Waals surface area (Å²) in [6.45, 7) is 5.08. The van der Waals surface area contributed by atoms with Gasteiger partial charge in [0, 0.05) is 30.2 Å². The Kier molecular flexibility index (Phi) is 3.79. The molecule has 2 aromatic rings. The molecule has 18 heavy (non-hydrogen) atoms. The first-order chi connectivity index (χ1) is 8.72. The number of aliphatic carboxylic acids is 1. The molecule has 2 rings (SSSR count). The maximum Gasteiger partial charge on any atom is 0.323 e. The first-order valence-electron chi connectivity index (χ1n) is 5.82. The van der Waals surface area contributed by atoms with Gasteiger partial charge in [0.2, 0.25) is 0 Å². The number of benzene rings is 1. The Balaban J connectivity index is 2.34. The molecule has 0 aliphatic rings. The Bertz CT molecular complexity index is 572. The molecule has 2 N–H and O–H groups in total. The lowest BCUT2D eigenvalue weighted by atomic mass is 10.2. The molecular weight excluding hydrogens is 228 g/mol. The van der Waals surface area contributed by atoms with Crippen LogP contribution in [-0.4, -0.2) is 22.2 Å². The molecule has 0 saturated heterocycles. The van der Waals surface area contributed by atoms with E-state index in [9.17, 15) is 4.79 Å². The lowest BCUT2D eigenvalue weighted by molar-refractivity contribution is -0.137. The van der Waals surface area contributed by atoms with E-state index in [1.54, 1.807) is 10.6 Å². The zero-order chi connectivity index (χ0) is 13.0. The van der Waals surface area contributed by atoms with Gasteiger partial charge in [0.15, 0.2) is 0 Å². The molecule has 94 valence electrons. The van der Waals surface area contributed by atoms with Crippen molar-refractivity contribution in [3.05, 3.63) is 48.7 Å². The number of carboxylic acids is 1. The largest absolute Gasteiger partial charge is 0.480 e. The normalized spacial score (nSPS) is 10.7. The zero-order valence-electron chi connectivity index (χ0n) is 10.1. The second kappa shape index (κ2) is 5.51. The molecule has 0 fully saturated rings. The summed E-state index contributed by atoms with van der Waals surface area (Å²) in [5.74, 6) is -0.832. The summed E-state index contributed by atoms with van der Waals surface area (Å²) in [5, 5.41) is 13.2. The smallest absolute Gasteiger partial charge is 0.323 e. The van der Waals surface area contributed by atoms with Crippen molar-refractivity contribution in [2.75, 3.05) is 6.54 Å². The zero-order valence-corrected chi connectivity index (χ0v) is 10.1. The fourth-order valence-corrected chi connectivity index (χ4v) is 2.05. The Morgan fingerprint density at radius 3 is 2.94 bits per heavy atom. The van der Waals surface area contributed by atoms with Crippen molar-refractivity contribution >= 4 is 16.9 Å². The molecule has 0 aliphatic heterocycles. The van der Waals surface area contributed by atoms with Crippen molar-refractivity contribution in [3.63, 3.8) is 0 Å². The van der Waals surface area contributed by atoms with Crippen LogP contribution in [0.25, 0.3) is 10.9 Å². The lowest BCUT2D eigenvalue weighted by Gasteiger charge is -1.99. The number of rotatable bonds is 6. The predicted octanol–water partition coefficient (Wildman–Crippen LogP) is 2.00. The number of nitrogens with one attached hydrogen (secondary N) is 1. The number of hydrogen-bond acceptors (Lipinski definition) is 2. The topological polar surface area (TPSA) is 54.3 Å². The second-order valence-electron chi connectivity index (χ2n) is 4.11. The third-order valence-electron chi connectivity index (χ3n) is 2.78. The van der Waals surface area contributed by atoms with Crippen LogP contribution in [0.5, 0.6) is 0 Å². The van der Waals surface area contributed by atoms with Gasteiger partial charge < -0.3 is 15.0 Å². The summed E-state index contributed by atoms with van der Waals surface area (Å²) in [7, 11) is 0. The molecule has 0 saturated carbocycles. The average Bonchev–Trinajstić information content (AvgIpc) is 2.68.